The van der Waals surface area contributed by atoms with E-state index in [9.17, 15) is 8.42 Å². The molecule has 0 spiro atoms. The molecule has 1 aromatic heterocycles. The Kier molecular flexibility index (Phi) is 3.36. The number of nitrogens with one attached hydrogen (secondary N) is 1. The molecule has 1 N–H and O–H groups in total. The van der Waals surface area contributed by atoms with Crippen LogP contribution in [-0.4, -0.2) is 13.6 Å². The van der Waals surface area contributed by atoms with Crippen LogP contribution in [0.1, 0.15) is 26.3 Å². The van der Waals surface area contributed by atoms with Crippen molar-refractivity contribution in [1.29, 1.82) is 0 Å². The third kappa shape index (κ3) is 3.14. The van der Waals surface area contributed by atoms with Gasteiger partial charge in [-0.3, -0.25) is 4.72 Å². The molecule has 0 aliphatic carbocycles. The standard InChI is InChI=1S/C13H16N2O3S/c1-13(2,3)10-5-4-6-11(9-10)15-19(16,17)12-7-8-14-18-12/h4-9,15H,1-3H3. The number of aromatic nitrogens is 1. The van der Waals surface area contributed by atoms with Crippen molar-refractivity contribution in [3.05, 3.63) is 42.1 Å². The lowest BCUT2D eigenvalue weighted by Crippen LogP contribution is -2.14. The minimum Gasteiger partial charge on any atom is -0.343 e. The van der Waals surface area contributed by atoms with Crippen molar-refractivity contribution < 1.29 is 12.9 Å². The lowest BCUT2D eigenvalue weighted by molar-refractivity contribution is 0.340. The molecule has 5 nitrogen and oxygen atoms in total. The second-order valence-electron chi connectivity index (χ2n) is 5.27. The van der Waals surface area contributed by atoms with E-state index in [1.807, 2.05) is 18.2 Å². The first-order valence-corrected chi connectivity index (χ1v) is 7.31. The van der Waals surface area contributed by atoms with Gasteiger partial charge in [0.2, 0.25) is 0 Å². The summed E-state index contributed by atoms with van der Waals surface area (Å²) in [6.07, 6.45) is 1.29. The van der Waals surface area contributed by atoms with E-state index in [1.54, 1.807) is 6.07 Å². The van der Waals surface area contributed by atoms with Gasteiger partial charge in [0, 0.05) is 11.8 Å². The van der Waals surface area contributed by atoms with Gasteiger partial charge < -0.3 is 4.52 Å². The fraction of sp³-hybridized carbons (Fsp3) is 0.308. The predicted molar refractivity (Wildman–Crippen MR) is 72.5 cm³/mol. The number of benzene rings is 1. The lowest BCUT2D eigenvalue weighted by atomic mass is 9.87. The average molecular weight is 280 g/mol. The molecule has 0 saturated heterocycles. The minimum absolute atomic E-state index is 0.0479. The van der Waals surface area contributed by atoms with Crippen LogP contribution in [0.4, 0.5) is 5.69 Å². The molecular formula is C13H16N2O3S. The van der Waals surface area contributed by atoms with Crippen LogP contribution in [-0.2, 0) is 15.4 Å². The first kappa shape index (κ1) is 13.6. The predicted octanol–water partition coefficient (Wildman–Crippen LogP) is 2.77. The molecule has 1 aromatic carbocycles. The monoisotopic (exact) mass is 280 g/mol. The maximum absolute atomic E-state index is 12.0. The SMILES string of the molecule is CC(C)(C)c1cccc(NS(=O)(=O)c2ccno2)c1. The van der Waals surface area contributed by atoms with E-state index in [4.69, 9.17) is 0 Å². The first-order chi connectivity index (χ1) is 8.79. The second kappa shape index (κ2) is 4.70. The zero-order valence-corrected chi connectivity index (χ0v) is 11.9. The van der Waals surface area contributed by atoms with E-state index in [1.165, 1.54) is 12.3 Å². The van der Waals surface area contributed by atoms with E-state index in [0.717, 1.165) is 5.56 Å². The van der Waals surface area contributed by atoms with Crippen LogP contribution in [0.25, 0.3) is 0 Å². The zero-order chi connectivity index (χ0) is 14.1. The van der Waals surface area contributed by atoms with E-state index in [2.05, 4.69) is 35.2 Å². The zero-order valence-electron chi connectivity index (χ0n) is 11.0. The molecule has 0 amide bonds. The van der Waals surface area contributed by atoms with Crippen molar-refractivity contribution in [1.82, 2.24) is 5.16 Å². The van der Waals surface area contributed by atoms with Gasteiger partial charge >= 0.3 is 0 Å². The molecule has 1 heterocycles. The van der Waals surface area contributed by atoms with Crippen LogP contribution < -0.4 is 4.72 Å². The van der Waals surface area contributed by atoms with Crippen LogP contribution in [0.15, 0.2) is 46.1 Å². The van der Waals surface area contributed by atoms with Crippen LogP contribution in [0.2, 0.25) is 0 Å². The Bertz CT molecular complexity index is 655. The van der Waals surface area contributed by atoms with Crippen molar-refractivity contribution in [2.45, 2.75) is 31.3 Å². The molecule has 6 heteroatoms. The lowest BCUT2D eigenvalue weighted by Gasteiger charge is -2.19. The number of hydrogen-bond acceptors (Lipinski definition) is 4. The summed E-state index contributed by atoms with van der Waals surface area (Å²) in [6, 6.07) is 8.60. The average Bonchev–Trinajstić information content (AvgIpc) is 2.81. The molecular weight excluding hydrogens is 264 g/mol. The van der Waals surface area contributed by atoms with Gasteiger partial charge in [-0.15, -0.1) is 0 Å². The maximum Gasteiger partial charge on any atom is 0.298 e. The Morgan fingerprint density at radius 2 is 1.95 bits per heavy atom. The second-order valence-corrected chi connectivity index (χ2v) is 6.88. The Morgan fingerprint density at radius 1 is 1.21 bits per heavy atom. The summed E-state index contributed by atoms with van der Waals surface area (Å²) in [4.78, 5) is 0. The topological polar surface area (TPSA) is 72.2 Å². The van der Waals surface area contributed by atoms with Crippen LogP contribution in [0.3, 0.4) is 0 Å². The van der Waals surface area contributed by atoms with E-state index < -0.39 is 10.0 Å². The van der Waals surface area contributed by atoms with Gasteiger partial charge in [0.05, 0.1) is 6.20 Å². The number of nitrogens with zero attached hydrogens (tertiary/aromatic N) is 1. The molecule has 0 aliphatic rings. The first-order valence-electron chi connectivity index (χ1n) is 5.83. The molecule has 0 saturated carbocycles. The fourth-order valence-electron chi connectivity index (χ4n) is 1.60. The molecule has 2 rings (SSSR count). The minimum atomic E-state index is -3.71. The van der Waals surface area contributed by atoms with Gasteiger partial charge in [-0.25, -0.2) is 0 Å². The summed E-state index contributed by atoms with van der Waals surface area (Å²) in [6.45, 7) is 6.20. The van der Waals surface area contributed by atoms with E-state index in [-0.39, 0.29) is 10.5 Å². The molecule has 19 heavy (non-hydrogen) atoms. The molecule has 0 atom stereocenters. The van der Waals surface area contributed by atoms with Crippen molar-refractivity contribution in [2.24, 2.45) is 0 Å². The van der Waals surface area contributed by atoms with Crippen molar-refractivity contribution >= 4 is 15.7 Å². The summed E-state index contributed by atoms with van der Waals surface area (Å²) in [5.41, 5.74) is 1.50. The quantitative estimate of drug-likeness (QED) is 0.938. The third-order valence-corrected chi connectivity index (χ3v) is 3.90. The van der Waals surface area contributed by atoms with Crippen LogP contribution in [0.5, 0.6) is 0 Å². The van der Waals surface area contributed by atoms with Gasteiger partial charge in [0.1, 0.15) is 0 Å². The Hall–Kier alpha value is -1.82. The summed E-state index contributed by atoms with van der Waals surface area (Å²) in [5.74, 6) is 0. The summed E-state index contributed by atoms with van der Waals surface area (Å²) in [7, 11) is -3.71. The smallest absolute Gasteiger partial charge is 0.298 e. The molecule has 0 unspecified atom stereocenters. The number of anilines is 1. The maximum atomic E-state index is 12.0. The van der Waals surface area contributed by atoms with Gasteiger partial charge in [0.15, 0.2) is 0 Å². The Balaban J connectivity index is 2.30. The summed E-state index contributed by atoms with van der Waals surface area (Å²) >= 11 is 0. The van der Waals surface area contributed by atoms with Crippen LogP contribution >= 0.6 is 0 Å². The van der Waals surface area contributed by atoms with Gasteiger partial charge in [-0.1, -0.05) is 38.1 Å². The van der Waals surface area contributed by atoms with Crippen molar-refractivity contribution in [2.75, 3.05) is 4.72 Å². The number of sulfonamides is 1. The molecule has 102 valence electrons. The van der Waals surface area contributed by atoms with Gasteiger partial charge in [-0.2, -0.15) is 8.42 Å². The highest BCUT2D eigenvalue weighted by Crippen LogP contribution is 2.25. The molecule has 0 fully saturated rings. The van der Waals surface area contributed by atoms with Gasteiger partial charge in [-0.05, 0) is 23.1 Å². The fourth-order valence-corrected chi connectivity index (χ4v) is 2.52. The number of hydrogen-bond donors (Lipinski definition) is 1. The number of rotatable bonds is 3. The van der Waals surface area contributed by atoms with Crippen molar-refractivity contribution in [3.63, 3.8) is 0 Å². The highest BCUT2D eigenvalue weighted by Gasteiger charge is 2.19. The van der Waals surface area contributed by atoms with E-state index >= 15 is 0 Å². The van der Waals surface area contributed by atoms with Crippen molar-refractivity contribution in [3.8, 4) is 0 Å². The molecule has 0 bridgehead atoms. The summed E-state index contributed by atoms with van der Waals surface area (Å²) in [5, 5.41) is 3.19. The van der Waals surface area contributed by atoms with Gasteiger partial charge in [0.25, 0.3) is 15.1 Å². The highest BCUT2D eigenvalue weighted by atomic mass is 32.2. The van der Waals surface area contributed by atoms with E-state index in [0.29, 0.717) is 5.69 Å². The Labute approximate surface area is 112 Å². The highest BCUT2D eigenvalue weighted by molar-refractivity contribution is 7.92. The normalized spacial score (nSPS) is 12.4. The van der Waals surface area contributed by atoms with Crippen LogP contribution in [0, 0.1) is 0 Å². The third-order valence-electron chi connectivity index (χ3n) is 2.66. The largest absolute Gasteiger partial charge is 0.343 e. The summed E-state index contributed by atoms with van der Waals surface area (Å²) < 4.78 is 31.1. The Morgan fingerprint density at radius 3 is 2.53 bits per heavy atom. The molecule has 0 radical (unpaired) electrons. The molecule has 0 aliphatic heterocycles. The molecule has 2 aromatic rings.